The average Bonchev–Trinajstić information content (AvgIpc) is 3.04. The van der Waals surface area contributed by atoms with Crippen molar-refractivity contribution in [2.75, 3.05) is 13.6 Å². The Bertz CT molecular complexity index is 576. The molecule has 0 heterocycles. The highest BCUT2D eigenvalue weighted by Gasteiger charge is 2.36. The van der Waals surface area contributed by atoms with Crippen molar-refractivity contribution in [3.8, 4) is 0 Å². The molecule has 1 aromatic rings. The monoisotopic (exact) mass is 305 g/mol. The van der Waals surface area contributed by atoms with Gasteiger partial charge in [-0.2, -0.15) is 0 Å². The summed E-state index contributed by atoms with van der Waals surface area (Å²) < 4.78 is 39.5. The molecule has 19 heavy (non-hydrogen) atoms. The standard InChI is InChI=1S/C13H17ClFNO2S/c1-9-5-11(9)8-16(2)19(17,18)13-6-12(15)4-3-10(13)7-14/h3-4,6,9,11H,5,7-8H2,1-2H3. The van der Waals surface area contributed by atoms with Crippen molar-refractivity contribution in [1.82, 2.24) is 4.31 Å². The number of halogens is 2. The lowest BCUT2D eigenvalue weighted by molar-refractivity contribution is 0.443. The molecular weight excluding hydrogens is 289 g/mol. The summed E-state index contributed by atoms with van der Waals surface area (Å²) in [6, 6.07) is 3.68. The molecule has 1 saturated carbocycles. The average molecular weight is 306 g/mol. The van der Waals surface area contributed by atoms with Crippen LogP contribution in [0.15, 0.2) is 23.1 Å². The van der Waals surface area contributed by atoms with E-state index in [0.717, 1.165) is 12.5 Å². The fourth-order valence-corrected chi connectivity index (χ4v) is 3.90. The van der Waals surface area contributed by atoms with Gasteiger partial charge in [-0.25, -0.2) is 17.1 Å². The molecule has 0 aliphatic heterocycles. The Balaban J connectivity index is 2.30. The van der Waals surface area contributed by atoms with Crippen LogP contribution in [-0.2, 0) is 15.9 Å². The Morgan fingerprint density at radius 1 is 1.47 bits per heavy atom. The predicted molar refractivity (Wildman–Crippen MR) is 73.0 cm³/mol. The first-order valence-corrected chi connectivity index (χ1v) is 8.14. The lowest BCUT2D eigenvalue weighted by atomic mass is 10.2. The van der Waals surface area contributed by atoms with Gasteiger partial charge in [0.05, 0.1) is 4.90 Å². The number of hydrogen-bond acceptors (Lipinski definition) is 2. The van der Waals surface area contributed by atoms with Crippen LogP contribution in [0.3, 0.4) is 0 Å². The largest absolute Gasteiger partial charge is 0.243 e. The highest BCUT2D eigenvalue weighted by Crippen LogP contribution is 2.39. The van der Waals surface area contributed by atoms with Crippen LogP contribution in [0.25, 0.3) is 0 Å². The summed E-state index contributed by atoms with van der Waals surface area (Å²) in [5, 5.41) is 0. The third kappa shape index (κ3) is 3.09. The van der Waals surface area contributed by atoms with Crippen LogP contribution in [-0.4, -0.2) is 26.3 Å². The maximum Gasteiger partial charge on any atom is 0.243 e. The van der Waals surface area contributed by atoms with Gasteiger partial charge in [-0.15, -0.1) is 11.6 Å². The van der Waals surface area contributed by atoms with Gasteiger partial charge in [-0.05, 0) is 36.0 Å². The quantitative estimate of drug-likeness (QED) is 0.785. The molecule has 6 heteroatoms. The molecule has 0 amide bonds. The second-order valence-electron chi connectivity index (χ2n) is 5.14. The first kappa shape index (κ1) is 14.8. The van der Waals surface area contributed by atoms with E-state index in [1.54, 1.807) is 0 Å². The molecule has 1 aliphatic carbocycles. The lowest BCUT2D eigenvalue weighted by Crippen LogP contribution is -2.30. The van der Waals surface area contributed by atoms with E-state index >= 15 is 0 Å². The van der Waals surface area contributed by atoms with Crippen LogP contribution < -0.4 is 0 Å². The second-order valence-corrected chi connectivity index (χ2v) is 7.42. The van der Waals surface area contributed by atoms with Crippen LogP contribution in [0.5, 0.6) is 0 Å². The molecule has 0 bridgehead atoms. The van der Waals surface area contributed by atoms with E-state index < -0.39 is 15.8 Å². The summed E-state index contributed by atoms with van der Waals surface area (Å²) in [7, 11) is -2.14. The molecule has 1 fully saturated rings. The molecule has 3 nitrogen and oxygen atoms in total. The van der Waals surface area contributed by atoms with E-state index in [1.165, 1.54) is 23.5 Å². The minimum Gasteiger partial charge on any atom is -0.207 e. The number of alkyl halides is 1. The van der Waals surface area contributed by atoms with Crippen molar-refractivity contribution in [1.29, 1.82) is 0 Å². The van der Waals surface area contributed by atoms with Gasteiger partial charge in [0.1, 0.15) is 5.82 Å². The number of rotatable bonds is 5. The highest BCUT2D eigenvalue weighted by atomic mass is 35.5. The molecule has 1 aromatic carbocycles. The molecule has 0 saturated heterocycles. The minimum absolute atomic E-state index is 0.0293. The van der Waals surface area contributed by atoms with Gasteiger partial charge in [0, 0.05) is 19.5 Å². The normalized spacial score (nSPS) is 22.8. The number of sulfonamides is 1. The van der Waals surface area contributed by atoms with E-state index in [-0.39, 0.29) is 10.8 Å². The minimum atomic E-state index is -3.67. The Kier molecular flexibility index (Phi) is 4.18. The van der Waals surface area contributed by atoms with Gasteiger partial charge in [-0.3, -0.25) is 0 Å². The molecule has 0 radical (unpaired) electrons. The molecule has 0 spiro atoms. The van der Waals surface area contributed by atoms with E-state index in [9.17, 15) is 12.8 Å². The Morgan fingerprint density at radius 2 is 2.11 bits per heavy atom. The molecule has 1 aliphatic rings. The summed E-state index contributed by atoms with van der Waals surface area (Å²) in [6.45, 7) is 2.57. The third-order valence-corrected chi connectivity index (χ3v) is 5.82. The van der Waals surface area contributed by atoms with E-state index in [4.69, 9.17) is 11.6 Å². The topological polar surface area (TPSA) is 37.4 Å². The van der Waals surface area contributed by atoms with Crippen molar-refractivity contribution >= 4 is 21.6 Å². The predicted octanol–water partition coefficient (Wildman–Crippen LogP) is 2.84. The Labute approximate surface area is 118 Å². The highest BCUT2D eigenvalue weighted by molar-refractivity contribution is 7.89. The summed E-state index contributed by atoms with van der Waals surface area (Å²) in [5.41, 5.74) is 0.429. The molecular formula is C13H17ClFNO2S. The first-order valence-electron chi connectivity index (χ1n) is 6.17. The third-order valence-electron chi connectivity index (χ3n) is 3.63. The van der Waals surface area contributed by atoms with Gasteiger partial charge in [0.2, 0.25) is 10.0 Å². The number of nitrogens with zero attached hydrogens (tertiary/aromatic N) is 1. The van der Waals surface area contributed by atoms with Gasteiger partial charge in [-0.1, -0.05) is 13.0 Å². The molecule has 0 N–H and O–H groups in total. The van der Waals surface area contributed by atoms with Crippen molar-refractivity contribution in [3.05, 3.63) is 29.6 Å². The maximum atomic E-state index is 13.3. The Morgan fingerprint density at radius 3 is 2.63 bits per heavy atom. The van der Waals surface area contributed by atoms with Crippen LogP contribution in [0.4, 0.5) is 4.39 Å². The molecule has 0 aromatic heterocycles. The van der Waals surface area contributed by atoms with Crippen molar-refractivity contribution in [3.63, 3.8) is 0 Å². The van der Waals surface area contributed by atoms with Crippen LogP contribution in [0, 0.1) is 17.7 Å². The van der Waals surface area contributed by atoms with E-state index in [1.807, 2.05) is 0 Å². The number of hydrogen-bond donors (Lipinski definition) is 0. The SMILES string of the molecule is CC1CC1CN(C)S(=O)(=O)c1cc(F)ccc1CCl. The summed E-state index contributed by atoms with van der Waals surface area (Å²) >= 11 is 5.73. The Hall–Kier alpha value is -0.650. The van der Waals surface area contributed by atoms with Gasteiger partial charge >= 0.3 is 0 Å². The molecule has 2 unspecified atom stereocenters. The van der Waals surface area contributed by atoms with E-state index in [2.05, 4.69) is 6.92 Å². The van der Waals surface area contributed by atoms with Crippen LogP contribution in [0.1, 0.15) is 18.9 Å². The smallest absolute Gasteiger partial charge is 0.207 e. The molecule has 106 valence electrons. The summed E-state index contributed by atoms with van der Waals surface area (Å²) in [4.78, 5) is -0.0293. The summed E-state index contributed by atoms with van der Waals surface area (Å²) in [5.74, 6) is 0.453. The van der Waals surface area contributed by atoms with Gasteiger partial charge < -0.3 is 0 Å². The number of benzene rings is 1. The zero-order chi connectivity index (χ0) is 14.2. The van der Waals surface area contributed by atoms with Crippen LogP contribution in [0.2, 0.25) is 0 Å². The zero-order valence-corrected chi connectivity index (χ0v) is 12.5. The van der Waals surface area contributed by atoms with Crippen molar-refractivity contribution in [2.24, 2.45) is 11.8 Å². The second kappa shape index (κ2) is 5.38. The zero-order valence-electron chi connectivity index (χ0n) is 10.9. The molecule has 2 atom stereocenters. The fraction of sp³-hybridized carbons (Fsp3) is 0.538. The fourth-order valence-electron chi connectivity index (χ4n) is 2.13. The maximum absolute atomic E-state index is 13.3. The van der Waals surface area contributed by atoms with Gasteiger partial charge in [0.25, 0.3) is 0 Å². The van der Waals surface area contributed by atoms with Crippen molar-refractivity contribution < 1.29 is 12.8 Å². The first-order chi connectivity index (χ1) is 8.86. The lowest BCUT2D eigenvalue weighted by Gasteiger charge is -2.19. The van der Waals surface area contributed by atoms with E-state index in [0.29, 0.717) is 23.9 Å². The summed E-state index contributed by atoms with van der Waals surface area (Å²) in [6.07, 6.45) is 1.05. The molecule has 2 rings (SSSR count). The van der Waals surface area contributed by atoms with Gasteiger partial charge in [0.15, 0.2) is 0 Å². The van der Waals surface area contributed by atoms with Crippen molar-refractivity contribution in [2.45, 2.75) is 24.1 Å². The van der Waals surface area contributed by atoms with Crippen LogP contribution >= 0.6 is 11.6 Å².